The van der Waals surface area contributed by atoms with E-state index in [1.54, 1.807) is 21.3 Å². The van der Waals surface area contributed by atoms with Gasteiger partial charge in [-0.25, -0.2) is 4.21 Å². The molecule has 0 saturated carbocycles. The van der Waals surface area contributed by atoms with E-state index in [9.17, 15) is 8.76 Å². The summed E-state index contributed by atoms with van der Waals surface area (Å²) in [6.45, 7) is 0.122. The summed E-state index contributed by atoms with van der Waals surface area (Å²) in [4.78, 5) is 0. The lowest BCUT2D eigenvalue weighted by molar-refractivity contribution is 0.140. The van der Waals surface area contributed by atoms with Crippen LogP contribution in [0.2, 0.25) is 0 Å². The minimum Gasteiger partial charge on any atom is -0.750 e. The van der Waals surface area contributed by atoms with Crippen LogP contribution in [0.3, 0.4) is 0 Å². The second kappa shape index (κ2) is 7.85. The van der Waals surface area contributed by atoms with Crippen molar-refractivity contribution in [3.63, 3.8) is 0 Å². The van der Waals surface area contributed by atoms with Crippen LogP contribution in [-0.2, 0) is 35.2 Å². The van der Waals surface area contributed by atoms with E-state index in [0.717, 1.165) is 10.8 Å². The Morgan fingerprint density at radius 1 is 1.11 bits per heavy atom. The van der Waals surface area contributed by atoms with Gasteiger partial charge in [0.25, 0.3) is 0 Å². The standard InChI is InChI=1S/C11H18O6SSi/c1-14-19(15-2,16-3)11-6-4-10(5-7-11)8-9-17-18(12)13/h4-7H,8-9H2,1-3H3,(H,12,13)/p-1. The van der Waals surface area contributed by atoms with Crippen LogP contribution in [0, 0.1) is 0 Å². The Bertz CT molecular complexity index is 398. The molecule has 0 aliphatic carbocycles. The molecular formula is C11H17O6SSi-. The van der Waals surface area contributed by atoms with Crippen molar-refractivity contribution in [3.05, 3.63) is 29.8 Å². The van der Waals surface area contributed by atoms with Crippen LogP contribution in [0.15, 0.2) is 24.3 Å². The van der Waals surface area contributed by atoms with Crippen LogP contribution in [-0.4, -0.2) is 45.5 Å². The van der Waals surface area contributed by atoms with Gasteiger partial charge in [-0.2, -0.15) is 0 Å². The third-order valence-electron chi connectivity index (χ3n) is 2.68. The van der Waals surface area contributed by atoms with Gasteiger partial charge in [0.15, 0.2) is 0 Å². The quantitative estimate of drug-likeness (QED) is 0.502. The molecule has 0 aromatic heterocycles. The van der Waals surface area contributed by atoms with Gasteiger partial charge in [0.2, 0.25) is 0 Å². The third kappa shape index (κ3) is 4.46. The fourth-order valence-electron chi connectivity index (χ4n) is 1.71. The molecule has 0 spiro atoms. The summed E-state index contributed by atoms with van der Waals surface area (Å²) in [6, 6.07) is 7.44. The number of hydrogen-bond acceptors (Lipinski definition) is 6. The molecule has 1 aromatic rings. The lowest BCUT2D eigenvalue weighted by Crippen LogP contribution is -2.54. The zero-order valence-corrected chi connectivity index (χ0v) is 12.9. The van der Waals surface area contributed by atoms with Crippen LogP contribution in [0.1, 0.15) is 5.56 Å². The summed E-state index contributed by atoms with van der Waals surface area (Å²) in [5, 5.41) is 0.845. The van der Waals surface area contributed by atoms with Crippen molar-refractivity contribution >= 4 is 25.4 Å². The van der Waals surface area contributed by atoms with E-state index in [1.807, 2.05) is 24.3 Å². The molecule has 0 radical (unpaired) electrons. The first kappa shape index (κ1) is 16.4. The average molecular weight is 305 g/mol. The van der Waals surface area contributed by atoms with Gasteiger partial charge in [0.1, 0.15) is 0 Å². The topological polar surface area (TPSA) is 77.0 Å². The first-order valence-corrected chi connectivity index (χ1v) is 8.28. The van der Waals surface area contributed by atoms with Crippen molar-refractivity contribution in [3.8, 4) is 0 Å². The zero-order valence-electron chi connectivity index (χ0n) is 11.1. The molecule has 1 unspecified atom stereocenters. The molecular weight excluding hydrogens is 288 g/mol. The Labute approximate surface area is 116 Å². The highest BCUT2D eigenvalue weighted by Gasteiger charge is 2.40. The Balaban J connectivity index is 2.72. The fourth-order valence-corrected chi connectivity index (χ4v) is 3.71. The number of benzene rings is 1. The molecule has 0 aliphatic heterocycles. The van der Waals surface area contributed by atoms with E-state index in [2.05, 4.69) is 4.18 Å². The maximum atomic E-state index is 10.2. The van der Waals surface area contributed by atoms with E-state index >= 15 is 0 Å². The molecule has 1 rings (SSSR count). The van der Waals surface area contributed by atoms with Gasteiger partial charge in [-0.1, -0.05) is 24.3 Å². The Morgan fingerprint density at radius 3 is 2.05 bits per heavy atom. The smallest absolute Gasteiger partial charge is 0.536 e. The maximum Gasteiger partial charge on any atom is 0.536 e. The van der Waals surface area contributed by atoms with Crippen LogP contribution < -0.4 is 5.19 Å². The minimum absolute atomic E-state index is 0.122. The van der Waals surface area contributed by atoms with Crippen LogP contribution in [0.25, 0.3) is 0 Å². The first-order valence-electron chi connectivity index (χ1n) is 5.55. The molecule has 0 saturated heterocycles. The zero-order chi connectivity index (χ0) is 14.3. The van der Waals surface area contributed by atoms with Crippen molar-refractivity contribution in [2.45, 2.75) is 6.42 Å². The number of hydrogen-bond donors (Lipinski definition) is 0. The largest absolute Gasteiger partial charge is 0.750 e. The molecule has 0 aliphatic rings. The Hall–Kier alpha value is -0.613. The van der Waals surface area contributed by atoms with Crippen molar-refractivity contribution < 1.29 is 26.2 Å². The van der Waals surface area contributed by atoms with E-state index < -0.39 is 20.2 Å². The minimum atomic E-state index is -2.80. The Morgan fingerprint density at radius 2 is 1.63 bits per heavy atom. The van der Waals surface area contributed by atoms with E-state index in [4.69, 9.17) is 13.3 Å². The molecule has 6 nitrogen and oxygen atoms in total. The highest BCUT2D eigenvalue weighted by Crippen LogP contribution is 2.08. The predicted molar refractivity (Wildman–Crippen MR) is 71.4 cm³/mol. The van der Waals surface area contributed by atoms with Gasteiger partial charge in [0.05, 0.1) is 18.0 Å². The lowest BCUT2D eigenvalue weighted by Gasteiger charge is -2.24. The monoisotopic (exact) mass is 305 g/mol. The fraction of sp³-hybridized carbons (Fsp3) is 0.455. The second-order valence-electron chi connectivity index (χ2n) is 3.64. The second-order valence-corrected chi connectivity index (χ2v) is 7.20. The van der Waals surface area contributed by atoms with E-state index in [1.165, 1.54) is 0 Å². The van der Waals surface area contributed by atoms with Crippen molar-refractivity contribution in [1.29, 1.82) is 0 Å². The molecule has 0 amide bonds. The summed E-state index contributed by atoms with van der Waals surface area (Å²) in [5.41, 5.74) is 0.959. The molecule has 8 heteroatoms. The molecule has 0 N–H and O–H groups in total. The molecule has 0 fully saturated rings. The van der Waals surface area contributed by atoms with Gasteiger partial charge in [-0.05, 0) is 12.0 Å². The normalized spacial score (nSPS) is 13.5. The summed E-state index contributed by atoms with van der Waals surface area (Å²) in [6.07, 6.45) is 0.510. The molecule has 1 aromatic carbocycles. The van der Waals surface area contributed by atoms with Crippen LogP contribution >= 0.6 is 0 Å². The lowest BCUT2D eigenvalue weighted by atomic mass is 10.2. The summed E-state index contributed by atoms with van der Waals surface area (Å²) in [7, 11) is 1.84. The summed E-state index contributed by atoms with van der Waals surface area (Å²) in [5.74, 6) is 0. The molecule has 19 heavy (non-hydrogen) atoms. The summed E-state index contributed by atoms with van der Waals surface area (Å²) >= 11 is -2.47. The van der Waals surface area contributed by atoms with Crippen molar-refractivity contribution in [2.75, 3.05) is 27.9 Å². The maximum absolute atomic E-state index is 10.2. The SMILES string of the molecule is CO[Si](OC)(OC)c1ccc(CCOS(=O)[O-])cc1. The van der Waals surface area contributed by atoms with Crippen LogP contribution in [0.5, 0.6) is 0 Å². The van der Waals surface area contributed by atoms with Gasteiger partial charge in [-0.15, -0.1) is 0 Å². The first-order chi connectivity index (χ1) is 9.07. The molecule has 0 bridgehead atoms. The predicted octanol–water partition coefficient (Wildman–Crippen LogP) is 0.125. The molecule has 0 heterocycles. The van der Waals surface area contributed by atoms with Gasteiger partial charge >= 0.3 is 8.80 Å². The highest BCUT2D eigenvalue weighted by atomic mass is 32.2. The van der Waals surface area contributed by atoms with E-state index in [0.29, 0.717) is 6.42 Å². The number of rotatable bonds is 8. The van der Waals surface area contributed by atoms with Crippen molar-refractivity contribution in [2.24, 2.45) is 0 Å². The average Bonchev–Trinajstić information content (AvgIpc) is 2.42. The molecule has 1 atom stereocenters. The third-order valence-corrected chi connectivity index (χ3v) is 5.70. The van der Waals surface area contributed by atoms with Gasteiger partial charge in [0, 0.05) is 26.5 Å². The van der Waals surface area contributed by atoms with E-state index in [-0.39, 0.29) is 6.61 Å². The highest BCUT2D eigenvalue weighted by molar-refractivity contribution is 7.74. The van der Waals surface area contributed by atoms with Gasteiger partial charge in [-0.3, -0.25) is 0 Å². The summed E-state index contributed by atoms with van der Waals surface area (Å²) < 4.78 is 41.0. The van der Waals surface area contributed by atoms with Crippen LogP contribution in [0.4, 0.5) is 0 Å². The Kier molecular flexibility index (Phi) is 6.79. The van der Waals surface area contributed by atoms with Gasteiger partial charge < -0.3 is 22.0 Å². The van der Waals surface area contributed by atoms with Crippen molar-refractivity contribution in [1.82, 2.24) is 0 Å². The molecule has 108 valence electrons.